The molecule has 0 spiro atoms. The van der Waals surface area contributed by atoms with E-state index in [1.165, 1.54) is 5.57 Å². The van der Waals surface area contributed by atoms with E-state index in [0.29, 0.717) is 5.92 Å². The van der Waals surface area contributed by atoms with E-state index in [1.54, 1.807) is 0 Å². The molecule has 0 aromatic rings. The summed E-state index contributed by atoms with van der Waals surface area (Å²) in [5, 5.41) is 0. The second kappa shape index (κ2) is 2.47. The van der Waals surface area contributed by atoms with E-state index in [9.17, 15) is 0 Å². The molecular formula is C11H16N2. The summed E-state index contributed by atoms with van der Waals surface area (Å²) in [6, 6.07) is 0.277. The summed E-state index contributed by atoms with van der Waals surface area (Å²) >= 11 is 0. The standard InChI is InChI=1S/C11H16N2/c1-7-4-5-9-8(6-7)11(2,3)10(12)13-9/h4-6,8-9H,1-3H3,(H2,12,13). The highest BCUT2D eigenvalue weighted by atomic mass is 15.0. The zero-order valence-corrected chi connectivity index (χ0v) is 8.41. The van der Waals surface area contributed by atoms with Gasteiger partial charge in [-0.3, -0.25) is 4.99 Å². The van der Waals surface area contributed by atoms with Gasteiger partial charge in [-0.1, -0.05) is 37.6 Å². The average molecular weight is 176 g/mol. The van der Waals surface area contributed by atoms with Crippen LogP contribution in [0.25, 0.3) is 0 Å². The number of amidine groups is 1. The molecule has 0 radical (unpaired) electrons. The largest absolute Gasteiger partial charge is 0.387 e. The molecule has 70 valence electrons. The zero-order chi connectivity index (χ0) is 9.64. The molecule has 0 fully saturated rings. The monoisotopic (exact) mass is 176 g/mol. The number of hydrogen-bond acceptors (Lipinski definition) is 2. The van der Waals surface area contributed by atoms with Crippen LogP contribution in [0.5, 0.6) is 0 Å². The van der Waals surface area contributed by atoms with Crippen LogP contribution in [0, 0.1) is 11.3 Å². The van der Waals surface area contributed by atoms with Crippen molar-refractivity contribution in [3.8, 4) is 0 Å². The van der Waals surface area contributed by atoms with Gasteiger partial charge in [0.25, 0.3) is 0 Å². The Morgan fingerprint density at radius 3 is 2.85 bits per heavy atom. The average Bonchev–Trinajstić information content (AvgIpc) is 2.27. The number of aliphatic imine (C=N–C) groups is 1. The van der Waals surface area contributed by atoms with Crippen LogP contribution in [0.4, 0.5) is 0 Å². The van der Waals surface area contributed by atoms with Gasteiger partial charge in [0, 0.05) is 11.3 Å². The molecule has 2 heteroatoms. The fourth-order valence-corrected chi connectivity index (χ4v) is 2.06. The summed E-state index contributed by atoms with van der Waals surface area (Å²) in [6.45, 7) is 6.45. The van der Waals surface area contributed by atoms with E-state index in [2.05, 4.69) is 44.0 Å². The van der Waals surface area contributed by atoms with Gasteiger partial charge < -0.3 is 5.73 Å². The maximum atomic E-state index is 5.90. The van der Waals surface area contributed by atoms with E-state index in [1.807, 2.05) is 0 Å². The van der Waals surface area contributed by atoms with Gasteiger partial charge in [0.05, 0.1) is 6.04 Å². The first-order chi connectivity index (χ1) is 6.01. The third-order valence-corrected chi connectivity index (χ3v) is 3.15. The molecule has 2 atom stereocenters. The van der Waals surface area contributed by atoms with Crippen LogP contribution in [0.15, 0.2) is 28.8 Å². The molecule has 2 nitrogen and oxygen atoms in total. The van der Waals surface area contributed by atoms with E-state index in [-0.39, 0.29) is 11.5 Å². The van der Waals surface area contributed by atoms with E-state index >= 15 is 0 Å². The zero-order valence-electron chi connectivity index (χ0n) is 8.41. The summed E-state index contributed by atoms with van der Waals surface area (Å²) in [6.07, 6.45) is 6.56. The number of nitrogens with zero attached hydrogens (tertiary/aromatic N) is 1. The number of nitrogens with two attached hydrogens (primary N) is 1. The number of allylic oxidation sites excluding steroid dienone is 2. The quantitative estimate of drug-likeness (QED) is 0.601. The van der Waals surface area contributed by atoms with Crippen LogP contribution < -0.4 is 5.73 Å². The fraction of sp³-hybridized carbons (Fsp3) is 0.545. The lowest BCUT2D eigenvalue weighted by Crippen LogP contribution is -2.35. The van der Waals surface area contributed by atoms with Crippen LogP contribution in [-0.2, 0) is 0 Å². The molecule has 0 aromatic heterocycles. The maximum absolute atomic E-state index is 5.90. The van der Waals surface area contributed by atoms with Crippen LogP contribution in [0.3, 0.4) is 0 Å². The van der Waals surface area contributed by atoms with Crippen LogP contribution >= 0.6 is 0 Å². The molecule has 2 N–H and O–H groups in total. The number of rotatable bonds is 0. The van der Waals surface area contributed by atoms with Gasteiger partial charge in [-0.25, -0.2) is 0 Å². The Bertz CT molecular complexity index is 321. The molecule has 1 aliphatic heterocycles. The lowest BCUT2D eigenvalue weighted by atomic mass is 9.74. The molecule has 13 heavy (non-hydrogen) atoms. The first-order valence-electron chi connectivity index (χ1n) is 4.72. The van der Waals surface area contributed by atoms with Crippen molar-refractivity contribution in [1.82, 2.24) is 0 Å². The Hall–Kier alpha value is -1.05. The van der Waals surface area contributed by atoms with Crippen molar-refractivity contribution in [2.75, 3.05) is 0 Å². The Labute approximate surface area is 79.2 Å². The van der Waals surface area contributed by atoms with Crippen molar-refractivity contribution in [3.05, 3.63) is 23.8 Å². The topological polar surface area (TPSA) is 38.4 Å². The predicted octanol–water partition coefficient (Wildman–Crippen LogP) is 1.88. The normalized spacial score (nSPS) is 35.3. The minimum atomic E-state index is 0.0245. The highest BCUT2D eigenvalue weighted by Gasteiger charge is 2.42. The fourth-order valence-electron chi connectivity index (χ4n) is 2.06. The highest BCUT2D eigenvalue weighted by Crippen LogP contribution is 2.40. The van der Waals surface area contributed by atoms with Crippen molar-refractivity contribution in [2.45, 2.75) is 26.8 Å². The highest BCUT2D eigenvalue weighted by molar-refractivity contribution is 5.89. The molecule has 2 aliphatic rings. The van der Waals surface area contributed by atoms with Crippen molar-refractivity contribution in [2.24, 2.45) is 22.1 Å². The molecule has 0 amide bonds. The third kappa shape index (κ3) is 1.12. The molecule has 0 saturated carbocycles. The molecule has 0 saturated heterocycles. The van der Waals surface area contributed by atoms with Crippen LogP contribution in [0.1, 0.15) is 20.8 Å². The molecule has 2 unspecified atom stereocenters. The number of hydrogen-bond donors (Lipinski definition) is 1. The smallest absolute Gasteiger partial charge is 0.101 e. The van der Waals surface area contributed by atoms with Crippen LogP contribution in [-0.4, -0.2) is 11.9 Å². The van der Waals surface area contributed by atoms with Crippen molar-refractivity contribution in [1.29, 1.82) is 0 Å². The summed E-state index contributed by atoms with van der Waals surface area (Å²) in [7, 11) is 0. The van der Waals surface area contributed by atoms with Crippen molar-refractivity contribution in [3.63, 3.8) is 0 Å². The first kappa shape index (κ1) is 8.54. The second-order valence-corrected chi connectivity index (χ2v) is 4.52. The van der Waals surface area contributed by atoms with Gasteiger partial charge in [-0.05, 0) is 6.92 Å². The third-order valence-electron chi connectivity index (χ3n) is 3.15. The molecule has 1 aliphatic carbocycles. The van der Waals surface area contributed by atoms with E-state index < -0.39 is 0 Å². The summed E-state index contributed by atoms with van der Waals surface area (Å²) in [5.41, 5.74) is 7.25. The van der Waals surface area contributed by atoms with Crippen molar-refractivity contribution < 1.29 is 0 Å². The Morgan fingerprint density at radius 2 is 2.15 bits per heavy atom. The Balaban J connectivity index is 2.40. The maximum Gasteiger partial charge on any atom is 0.101 e. The lowest BCUT2D eigenvalue weighted by Gasteiger charge is -2.28. The SMILES string of the molecule is CC1=CC2C(C=C1)N=C(N)C2(C)C. The summed E-state index contributed by atoms with van der Waals surface area (Å²) < 4.78 is 0. The first-order valence-corrected chi connectivity index (χ1v) is 4.72. The molecule has 0 bridgehead atoms. The predicted molar refractivity (Wildman–Crippen MR) is 55.6 cm³/mol. The molecule has 0 aromatic carbocycles. The van der Waals surface area contributed by atoms with Gasteiger partial charge in [0.2, 0.25) is 0 Å². The minimum absolute atomic E-state index is 0.0245. The van der Waals surface area contributed by atoms with Gasteiger partial charge in [0.15, 0.2) is 0 Å². The lowest BCUT2D eigenvalue weighted by molar-refractivity contribution is 0.377. The van der Waals surface area contributed by atoms with Gasteiger partial charge >= 0.3 is 0 Å². The second-order valence-electron chi connectivity index (χ2n) is 4.52. The van der Waals surface area contributed by atoms with Gasteiger partial charge in [0.1, 0.15) is 5.84 Å². The minimum Gasteiger partial charge on any atom is -0.387 e. The molecular weight excluding hydrogens is 160 g/mol. The Morgan fingerprint density at radius 1 is 1.46 bits per heavy atom. The van der Waals surface area contributed by atoms with Crippen LogP contribution in [0.2, 0.25) is 0 Å². The number of fused-ring (bicyclic) bond motifs is 1. The van der Waals surface area contributed by atoms with E-state index in [4.69, 9.17) is 5.73 Å². The summed E-state index contributed by atoms with van der Waals surface area (Å²) in [5.74, 6) is 1.25. The van der Waals surface area contributed by atoms with Gasteiger partial charge in [-0.15, -0.1) is 0 Å². The Kier molecular flexibility index (Phi) is 1.62. The van der Waals surface area contributed by atoms with Gasteiger partial charge in [-0.2, -0.15) is 0 Å². The summed E-state index contributed by atoms with van der Waals surface area (Å²) in [4.78, 5) is 4.46. The van der Waals surface area contributed by atoms with Crippen molar-refractivity contribution >= 4 is 5.84 Å². The molecule has 2 rings (SSSR count). The molecule has 1 heterocycles. The van der Waals surface area contributed by atoms with E-state index in [0.717, 1.165) is 5.84 Å².